The summed E-state index contributed by atoms with van der Waals surface area (Å²) in [4.78, 5) is 1.61. The van der Waals surface area contributed by atoms with Gasteiger partial charge >= 0.3 is 0 Å². The van der Waals surface area contributed by atoms with Crippen LogP contribution in [0.25, 0.3) is 0 Å². The minimum Gasteiger partial charge on any atom is -0.370 e. The fraction of sp³-hybridized carbons (Fsp3) is 0.533. The zero-order valence-electron chi connectivity index (χ0n) is 12.4. The molecule has 0 aliphatic carbocycles. The molecular weight excluding hydrogens is 306 g/mol. The maximum absolute atomic E-state index is 6.17. The third-order valence-electron chi connectivity index (χ3n) is 3.57. The second-order valence-corrected chi connectivity index (χ2v) is 6.15. The Balaban J connectivity index is 1.65. The van der Waals surface area contributed by atoms with Gasteiger partial charge in [-0.1, -0.05) is 17.7 Å². The van der Waals surface area contributed by atoms with Crippen molar-refractivity contribution in [2.24, 2.45) is 0 Å². The van der Waals surface area contributed by atoms with Crippen LogP contribution in [-0.2, 0) is 4.74 Å². The number of aryl methyl sites for hydroxylation is 1. The van der Waals surface area contributed by atoms with E-state index in [4.69, 9.17) is 28.6 Å². The number of rotatable bonds is 5. The van der Waals surface area contributed by atoms with Crippen LogP contribution < -0.4 is 15.5 Å². The molecule has 2 rings (SSSR count). The van der Waals surface area contributed by atoms with Gasteiger partial charge in [-0.15, -0.1) is 0 Å². The van der Waals surface area contributed by atoms with Crippen molar-refractivity contribution >= 4 is 34.6 Å². The minimum absolute atomic E-state index is 0.623. The molecule has 1 aliphatic rings. The number of benzene rings is 1. The van der Waals surface area contributed by atoms with E-state index in [1.807, 2.05) is 25.1 Å². The van der Waals surface area contributed by atoms with Gasteiger partial charge < -0.3 is 20.3 Å². The van der Waals surface area contributed by atoms with Gasteiger partial charge in [0.25, 0.3) is 0 Å². The highest BCUT2D eigenvalue weighted by atomic mass is 35.5. The lowest BCUT2D eigenvalue weighted by molar-refractivity contribution is -0.908. The van der Waals surface area contributed by atoms with Crippen LogP contribution in [0.1, 0.15) is 12.0 Å². The largest absolute Gasteiger partial charge is 0.370 e. The smallest absolute Gasteiger partial charge is 0.170 e. The summed E-state index contributed by atoms with van der Waals surface area (Å²) in [6, 6.07) is 5.89. The van der Waals surface area contributed by atoms with Crippen molar-refractivity contribution in [1.82, 2.24) is 5.32 Å². The monoisotopic (exact) mass is 328 g/mol. The van der Waals surface area contributed by atoms with Crippen molar-refractivity contribution < 1.29 is 9.64 Å². The summed E-state index contributed by atoms with van der Waals surface area (Å²) in [6.45, 7) is 8.04. The molecular formula is C15H23ClN3OS+. The molecule has 0 spiro atoms. The molecule has 1 aromatic rings. The zero-order valence-corrected chi connectivity index (χ0v) is 13.9. The molecule has 4 nitrogen and oxygen atoms in total. The molecule has 1 aromatic carbocycles. The molecule has 116 valence electrons. The van der Waals surface area contributed by atoms with Gasteiger partial charge in [0.15, 0.2) is 5.11 Å². The van der Waals surface area contributed by atoms with E-state index in [1.165, 1.54) is 0 Å². The van der Waals surface area contributed by atoms with E-state index in [-0.39, 0.29) is 0 Å². The van der Waals surface area contributed by atoms with Crippen molar-refractivity contribution in [3.05, 3.63) is 28.8 Å². The molecule has 1 fully saturated rings. The van der Waals surface area contributed by atoms with Gasteiger partial charge in [-0.2, -0.15) is 0 Å². The topological polar surface area (TPSA) is 37.7 Å². The zero-order chi connectivity index (χ0) is 15.1. The Morgan fingerprint density at radius 1 is 1.38 bits per heavy atom. The van der Waals surface area contributed by atoms with Crippen LogP contribution in [0.15, 0.2) is 18.2 Å². The fourth-order valence-electron chi connectivity index (χ4n) is 2.34. The van der Waals surface area contributed by atoms with E-state index in [9.17, 15) is 0 Å². The van der Waals surface area contributed by atoms with E-state index in [0.717, 1.165) is 57.1 Å². The molecule has 0 saturated carbocycles. The summed E-state index contributed by atoms with van der Waals surface area (Å²) in [5, 5.41) is 7.68. The summed E-state index contributed by atoms with van der Waals surface area (Å²) >= 11 is 11.5. The van der Waals surface area contributed by atoms with Crippen LogP contribution in [0.2, 0.25) is 5.02 Å². The fourth-order valence-corrected chi connectivity index (χ4v) is 2.83. The average Bonchev–Trinajstić information content (AvgIpc) is 2.48. The van der Waals surface area contributed by atoms with Crippen molar-refractivity contribution in [3.8, 4) is 0 Å². The Kier molecular flexibility index (Phi) is 6.70. The molecule has 1 aliphatic heterocycles. The molecule has 0 bridgehead atoms. The predicted molar refractivity (Wildman–Crippen MR) is 91.4 cm³/mol. The number of hydrogen-bond donors (Lipinski definition) is 3. The number of ether oxygens (including phenoxy) is 1. The molecule has 0 atom stereocenters. The number of thiocarbonyl (C=S) groups is 1. The molecule has 21 heavy (non-hydrogen) atoms. The summed E-state index contributed by atoms with van der Waals surface area (Å²) < 4.78 is 5.35. The summed E-state index contributed by atoms with van der Waals surface area (Å²) in [5.41, 5.74) is 1.98. The number of quaternary nitrogens is 1. The molecule has 3 N–H and O–H groups in total. The van der Waals surface area contributed by atoms with Crippen molar-refractivity contribution in [1.29, 1.82) is 0 Å². The Labute approximate surface area is 136 Å². The molecule has 1 heterocycles. The Morgan fingerprint density at radius 2 is 2.14 bits per heavy atom. The maximum Gasteiger partial charge on any atom is 0.170 e. The minimum atomic E-state index is 0.623. The van der Waals surface area contributed by atoms with Gasteiger partial charge in [0.2, 0.25) is 0 Å². The molecule has 0 unspecified atom stereocenters. The number of hydrogen-bond acceptors (Lipinski definition) is 2. The highest BCUT2D eigenvalue weighted by Gasteiger charge is 2.12. The van der Waals surface area contributed by atoms with E-state index in [1.54, 1.807) is 4.90 Å². The highest BCUT2D eigenvalue weighted by Crippen LogP contribution is 2.22. The van der Waals surface area contributed by atoms with Gasteiger partial charge in [-0.05, 0) is 36.8 Å². The maximum atomic E-state index is 6.17. The van der Waals surface area contributed by atoms with Crippen molar-refractivity contribution in [2.75, 3.05) is 44.7 Å². The lowest BCUT2D eigenvalue weighted by Gasteiger charge is -2.23. The van der Waals surface area contributed by atoms with Gasteiger partial charge in [0.05, 0.1) is 30.5 Å². The number of anilines is 1. The van der Waals surface area contributed by atoms with Crippen molar-refractivity contribution in [2.45, 2.75) is 13.3 Å². The van der Waals surface area contributed by atoms with E-state index < -0.39 is 0 Å². The van der Waals surface area contributed by atoms with E-state index >= 15 is 0 Å². The summed E-state index contributed by atoms with van der Waals surface area (Å²) in [7, 11) is 0. The lowest BCUT2D eigenvalue weighted by Crippen LogP contribution is -3.14. The third-order valence-corrected chi connectivity index (χ3v) is 4.12. The van der Waals surface area contributed by atoms with Crippen LogP contribution >= 0.6 is 23.8 Å². The Morgan fingerprint density at radius 3 is 2.86 bits per heavy atom. The predicted octanol–water partition coefficient (Wildman–Crippen LogP) is 1.24. The van der Waals surface area contributed by atoms with Crippen LogP contribution in [-0.4, -0.2) is 44.5 Å². The summed E-state index contributed by atoms with van der Waals surface area (Å²) in [6.07, 6.45) is 1.10. The molecule has 1 saturated heterocycles. The molecule has 6 heteroatoms. The van der Waals surface area contributed by atoms with Crippen molar-refractivity contribution in [3.63, 3.8) is 0 Å². The first-order valence-electron chi connectivity index (χ1n) is 7.37. The second kappa shape index (κ2) is 8.54. The van der Waals surface area contributed by atoms with Gasteiger partial charge in [0, 0.05) is 13.0 Å². The molecule has 0 radical (unpaired) electrons. The van der Waals surface area contributed by atoms with Crippen LogP contribution in [0, 0.1) is 6.92 Å². The van der Waals surface area contributed by atoms with E-state index in [0.29, 0.717) is 10.1 Å². The van der Waals surface area contributed by atoms with Gasteiger partial charge in [0.1, 0.15) is 13.1 Å². The van der Waals surface area contributed by atoms with Crippen LogP contribution in [0.5, 0.6) is 0 Å². The molecule has 0 amide bonds. The normalized spacial score (nSPS) is 15.7. The number of halogens is 1. The molecule has 0 aromatic heterocycles. The quantitative estimate of drug-likeness (QED) is 0.561. The number of nitrogens with one attached hydrogen (secondary N) is 3. The number of morpholine rings is 1. The van der Waals surface area contributed by atoms with Gasteiger partial charge in [-0.3, -0.25) is 0 Å². The third kappa shape index (κ3) is 5.79. The second-order valence-electron chi connectivity index (χ2n) is 5.33. The summed E-state index contributed by atoms with van der Waals surface area (Å²) in [5.74, 6) is 0. The lowest BCUT2D eigenvalue weighted by atomic mass is 10.2. The Bertz CT molecular complexity index is 478. The SMILES string of the molecule is Cc1ccc(NC(=S)NCCC[NH+]2CCOCC2)c(Cl)c1. The first-order chi connectivity index (χ1) is 10.1. The Hall–Kier alpha value is -0.880. The van der Waals surface area contributed by atoms with E-state index in [2.05, 4.69) is 10.6 Å². The first-order valence-corrected chi connectivity index (χ1v) is 8.16. The first kappa shape index (κ1) is 16.5. The average molecular weight is 329 g/mol. The van der Waals surface area contributed by atoms with Crippen LogP contribution in [0.3, 0.4) is 0 Å². The van der Waals surface area contributed by atoms with Crippen LogP contribution in [0.4, 0.5) is 5.69 Å². The van der Waals surface area contributed by atoms with Gasteiger partial charge in [-0.25, -0.2) is 0 Å². The highest BCUT2D eigenvalue weighted by molar-refractivity contribution is 7.80. The standard InChI is InChI=1S/C15H22ClN3OS/c1-12-3-4-14(13(16)11-12)18-15(21)17-5-2-6-19-7-9-20-10-8-19/h3-4,11H,2,5-10H2,1H3,(H2,17,18,21)/p+1.